The fourth-order valence-electron chi connectivity index (χ4n) is 5.55. The summed E-state index contributed by atoms with van der Waals surface area (Å²) >= 11 is 1.63. The smallest absolute Gasteiger partial charge is 0.00973 e. The number of amides is 3. The van der Waals surface area contributed by atoms with Gasteiger partial charge in [-0.15, -0.1) is 0 Å². The Labute approximate surface area is 266 Å². The Hall–Kier alpha value is -3.61. The fraction of sp³-hybridized carbons (Fsp3) is 0.406. The molecule has 0 spiro atoms. The first kappa shape index (κ1) is 30.8. The number of pyridine rings is 1. The van der Waals surface area contributed by atoms with Crippen LogP contribution in [0.1, 0.15) is 35.2 Å². The maximum atomic E-state index is 13.0. The van der Waals surface area contributed by atoms with Gasteiger partial charge < -0.3 is 15.0 Å². The van der Waals surface area contributed by atoms with Crippen LogP contribution < -0.4 is 13.3 Å². The number of aromatic nitrogens is 1. The summed E-state index contributed by atoms with van der Waals surface area (Å²) in [6, 6.07) is 17.0. The van der Waals surface area contributed by atoms with Crippen LogP contribution in [0.2, 0.25) is 0 Å². The van der Waals surface area contributed by atoms with Crippen LogP contribution in [0.4, 0.5) is 0 Å². The van der Waals surface area contributed by atoms with Gasteiger partial charge in [-0.05, 0) is 37.1 Å². The molecule has 0 bridgehead atoms. The molecule has 2 fully saturated rings. The molecule has 0 unspecified atom stereocenters. The van der Waals surface area contributed by atoms with Crippen molar-refractivity contribution in [1.29, 1.82) is 5.26 Å². The summed E-state index contributed by atoms with van der Waals surface area (Å²) < 4.78 is 7.27. The van der Waals surface area contributed by atoms with Crippen molar-refractivity contribution in [1.82, 2.24) is 25.0 Å². The molecule has 224 valence electrons. The Balaban J connectivity index is 1.07. The van der Waals surface area contributed by atoms with Gasteiger partial charge >= 0.3 is 124 Å². The van der Waals surface area contributed by atoms with E-state index in [0.29, 0.717) is 48.2 Å². The number of likely N-dealkylation sites (tertiary alicyclic amines) is 1. The topological polar surface area (TPSA) is 119 Å². The SMILES string of the molecule is N#C[C@@H]1CCCN1C(=O)CNC(=O)c1ccnc2ccc(OCCCN3CCN(C(=O)Cc4ccc([211At])cc4)CC3)cc12. The molecule has 2 aromatic carbocycles. The van der Waals surface area contributed by atoms with Crippen LogP contribution in [-0.4, -0.2) is 95.9 Å². The van der Waals surface area contributed by atoms with Crippen LogP contribution in [0, 0.1) is 36.1 Å². The van der Waals surface area contributed by atoms with Crippen LogP contribution >= 0.6 is 0 Å². The number of benzene rings is 2. The normalized spacial score (nSPS) is 17.1. The number of nitriles is 1. The molecule has 3 heterocycles. The molecule has 10 nitrogen and oxygen atoms in total. The summed E-state index contributed by atoms with van der Waals surface area (Å²) in [7, 11) is 0. The first-order chi connectivity index (χ1) is 20.9. The summed E-state index contributed by atoms with van der Waals surface area (Å²) in [4.78, 5) is 48.5. The minimum absolute atomic E-state index is 0.160. The monoisotopic (exact) mass is 778 g/mol. The van der Waals surface area contributed by atoms with E-state index < -0.39 is 6.04 Å². The van der Waals surface area contributed by atoms with Crippen molar-refractivity contribution >= 4 is 31.9 Å². The molecular weight excluding hydrogens is 743 g/mol. The summed E-state index contributed by atoms with van der Waals surface area (Å²) in [5.74, 6) is 0.201. The molecule has 2 saturated heterocycles. The van der Waals surface area contributed by atoms with Crippen molar-refractivity contribution in [3.8, 4) is 11.8 Å². The first-order valence-electron chi connectivity index (χ1n) is 14.6. The molecule has 1 N–H and O–H groups in total. The van der Waals surface area contributed by atoms with Gasteiger partial charge in [0.15, 0.2) is 0 Å². The van der Waals surface area contributed by atoms with Crippen LogP contribution in [0.15, 0.2) is 54.7 Å². The first-order valence-corrected chi connectivity index (χ1v) is 16.1. The number of ether oxygens (including phenoxy) is 1. The van der Waals surface area contributed by atoms with E-state index in [0.717, 1.165) is 51.1 Å². The van der Waals surface area contributed by atoms with Gasteiger partial charge in [-0.1, -0.05) is 0 Å². The van der Waals surface area contributed by atoms with E-state index in [1.54, 1.807) is 37.0 Å². The van der Waals surface area contributed by atoms with Gasteiger partial charge in [0.2, 0.25) is 5.91 Å². The van der Waals surface area contributed by atoms with Crippen LogP contribution in [0.3, 0.4) is 0 Å². The quantitative estimate of drug-likeness (QED) is 0.312. The van der Waals surface area contributed by atoms with Gasteiger partial charge in [-0.3, -0.25) is 14.6 Å². The average molecular weight is 779 g/mol. The van der Waals surface area contributed by atoms with E-state index in [4.69, 9.17) is 4.74 Å². The zero-order valence-corrected chi connectivity index (χ0v) is 26.9. The number of hydrogen-bond acceptors (Lipinski definition) is 7. The molecule has 2 aliphatic rings. The number of hydrogen-bond donors (Lipinski definition) is 1. The minimum atomic E-state index is -0.422. The van der Waals surface area contributed by atoms with Gasteiger partial charge in [0.25, 0.3) is 5.91 Å². The second-order valence-corrected chi connectivity index (χ2v) is 12.5. The summed E-state index contributed by atoms with van der Waals surface area (Å²) in [5, 5.41) is 12.6. The number of fused-ring (bicyclic) bond motifs is 1. The number of rotatable bonds is 10. The predicted molar refractivity (Wildman–Crippen MR) is 157 cm³/mol. The van der Waals surface area contributed by atoms with E-state index in [1.165, 1.54) is 8.17 Å². The third-order valence-corrected chi connectivity index (χ3v) is 8.94. The molecular formula is C32H35AtN6O4. The Morgan fingerprint density at radius 2 is 1.81 bits per heavy atom. The Kier molecular flexibility index (Phi) is 10.6. The molecule has 3 amide bonds. The van der Waals surface area contributed by atoms with Crippen molar-refractivity contribution < 1.29 is 43.8 Å². The van der Waals surface area contributed by atoms with E-state index in [9.17, 15) is 19.6 Å². The van der Waals surface area contributed by atoms with Crippen molar-refractivity contribution in [2.45, 2.75) is 31.7 Å². The molecule has 1 atom stereocenters. The Morgan fingerprint density at radius 1 is 1.02 bits per heavy atom. The minimum Gasteiger partial charge on any atom is -0.00973 e. The van der Waals surface area contributed by atoms with Gasteiger partial charge in [0.1, 0.15) is 11.8 Å². The maximum absolute atomic E-state index is 13.0. The largest absolute Gasteiger partial charge is 0.0166 e. The second kappa shape index (κ2) is 14.7. The molecule has 3 aromatic rings. The summed E-state index contributed by atoms with van der Waals surface area (Å²) in [5.41, 5.74) is 2.13. The van der Waals surface area contributed by atoms with E-state index in [2.05, 4.69) is 33.4 Å². The third-order valence-electron chi connectivity index (χ3n) is 7.96. The third kappa shape index (κ3) is 8.07. The molecule has 43 heavy (non-hydrogen) atoms. The molecule has 2 aliphatic heterocycles. The zero-order valence-electron chi connectivity index (χ0n) is 24.0. The molecule has 11 heteroatoms. The zero-order chi connectivity index (χ0) is 30.2. The average Bonchev–Trinajstić information content (AvgIpc) is 3.52. The number of nitrogens with one attached hydrogen (secondary N) is 1. The molecule has 1 aromatic heterocycles. The fourth-order valence-corrected chi connectivity index (χ4v) is 6.04. The van der Waals surface area contributed by atoms with Gasteiger partial charge in [0.05, 0.1) is 30.3 Å². The molecule has 0 saturated carbocycles. The second-order valence-electron chi connectivity index (χ2n) is 10.8. The predicted octanol–water partition coefficient (Wildman–Crippen LogP) is 1.81. The van der Waals surface area contributed by atoms with Crippen LogP contribution in [0.5, 0.6) is 5.75 Å². The summed E-state index contributed by atoms with van der Waals surface area (Å²) in [6.07, 6.45) is 4.31. The Morgan fingerprint density at radius 3 is 2.58 bits per heavy atom. The molecule has 0 radical (unpaired) electrons. The van der Waals surface area contributed by atoms with Gasteiger partial charge in [0, 0.05) is 18.1 Å². The van der Waals surface area contributed by atoms with E-state index in [1.807, 2.05) is 35.2 Å². The van der Waals surface area contributed by atoms with Crippen molar-refractivity contribution in [3.63, 3.8) is 0 Å². The molecule has 0 aliphatic carbocycles. The summed E-state index contributed by atoms with van der Waals surface area (Å²) in [6.45, 7) is 4.94. The maximum Gasteiger partial charge on any atom is 0.0166 e. The van der Waals surface area contributed by atoms with E-state index in [-0.39, 0.29) is 24.3 Å². The van der Waals surface area contributed by atoms with Crippen molar-refractivity contribution in [2.75, 3.05) is 52.4 Å². The van der Waals surface area contributed by atoms with Crippen LogP contribution in [-0.2, 0) is 16.0 Å². The number of carbonyl (C=O) groups is 3. The number of nitrogens with zero attached hydrogens (tertiary/aromatic N) is 5. The van der Waals surface area contributed by atoms with Crippen molar-refractivity contribution in [2.24, 2.45) is 0 Å². The van der Waals surface area contributed by atoms with Crippen LogP contribution in [0.25, 0.3) is 10.9 Å². The van der Waals surface area contributed by atoms with Crippen molar-refractivity contribution in [3.05, 3.63) is 65.9 Å². The Bertz CT molecular complexity index is 1500. The number of carbonyl (C=O) groups excluding carboxylic acids is 3. The van der Waals surface area contributed by atoms with E-state index >= 15 is 0 Å². The van der Waals surface area contributed by atoms with Gasteiger partial charge in [-0.2, -0.15) is 5.26 Å². The number of piperazine rings is 1. The molecule has 5 rings (SSSR count). The van der Waals surface area contributed by atoms with Gasteiger partial charge in [-0.25, -0.2) is 0 Å². The standard InChI is InChI=1S/C32H35AtN6O4/c33-24-6-4-23(5-7-24)19-30(40)38-16-14-37(15-17-38)12-2-18-43-26-8-9-29-28(20-26)27(10-11-35-29)32(42)36-22-31(41)39-13-1-3-25(39)21-34/h4-11,20,25H,1-3,12-19,22H2,(H,36,42)/t25-/m0/s1/i33+1.